The Morgan fingerprint density at radius 3 is 1.31 bits per heavy atom. The summed E-state index contributed by atoms with van der Waals surface area (Å²) in [6.07, 6.45) is 6.67. The van der Waals surface area contributed by atoms with Gasteiger partial charge in [0.2, 0.25) is 7.29 Å². The van der Waals surface area contributed by atoms with Gasteiger partial charge in [-0.1, -0.05) is 47.5 Å². The van der Waals surface area contributed by atoms with Crippen molar-refractivity contribution < 1.29 is 13.7 Å². The number of nitrogens with zero attached hydrogens (tertiary/aromatic N) is 2. The molecular formula is C34H45N2O3P3. The zero-order valence-corrected chi connectivity index (χ0v) is 29.0. The smallest absolute Gasteiger partial charge is 0.211 e. The van der Waals surface area contributed by atoms with E-state index in [-0.39, 0.29) is 0 Å². The van der Waals surface area contributed by atoms with E-state index >= 15 is 13.7 Å². The van der Waals surface area contributed by atoms with Gasteiger partial charge in [0, 0.05) is 34.3 Å². The van der Waals surface area contributed by atoms with Gasteiger partial charge in [0.05, 0.1) is 27.7 Å². The predicted octanol–water partition coefficient (Wildman–Crippen LogP) is 6.80. The number of aryl methyl sites for hydroxylation is 3. The summed E-state index contributed by atoms with van der Waals surface area (Å²) in [5, 5.41) is 4.85. The molecule has 0 radical (unpaired) electrons. The second kappa shape index (κ2) is 10.6. The summed E-state index contributed by atoms with van der Waals surface area (Å²) < 4.78 is 48.5. The molecular weight excluding hydrogens is 577 g/mol. The number of hydrogen-bond donors (Lipinski definition) is 0. The highest BCUT2D eigenvalue weighted by Gasteiger charge is 2.54. The van der Waals surface area contributed by atoms with Crippen molar-refractivity contribution >= 4 is 70.5 Å². The van der Waals surface area contributed by atoms with Crippen LogP contribution in [0.3, 0.4) is 0 Å². The van der Waals surface area contributed by atoms with Gasteiger partial charge in [-0.25, -0.2) is 4.67 Å². The molecule has 3 aromatic carbocycles. The fourth-order valence-corrected chi connectivity index (χ4v) is 15.6. The fourth-order valence-electron chi connectivity index (χ4n) is 7.34. The van der Waals surface area contributed by atoms with E-state index in [0.29, 0.717) is 13.1 Å². The van der Waals surface area contributed by atoms with Gasteiger partial charge in [-0.05, 0) is 98.5 Å². The highest BCUT2D eigenvalue weighted by molar-refractivity contribution is 7.82. The van der Waals surface area contributed by atoms with Crippen LogP contribution in [-0.4, -0.2) is 31.1 Å². The van der Waals surface area contributed by atoms with Crippen LogP contribution in [-0.2, 0) is 33.0 Å². The van der Waals surface area contributed by atoms with Crippen LogP contribution >= 0.6 is 21.6 Å². The van der Waals surface area contributed by atoms with Gasteiger partial charge in [-0.3, -0.25) is 4.57 Å². The lowest BCUT2D eigenvalue weighted by Gasteiger charge is -2.50. The van der Waals surface area contributed by atoms with Crippen molar-refractivity contribution in [3.05, 3.63) is 53.1 Å². The molecule has 42 heavy (non-hydrogen) atoms. The molecule has 3 aromatic rings. The van der Waals surface area contributed by atoms with Crippen molar-refractivity contribution in [1.82, 2.24) is 4.67 Å². The molecule has 0 amide bonds. The molecule has 224 valence electrons. The van der Waals surface area contributed by atoms with Gasteiger partial charge < -0.3 is 14.0 Å². The summed E-state index contributed by atoms with van der Waals surface area (Å²) in [6.45, 7) is 15.6. The highest BCUT2D eigenvalue weighted by Crippen LogP contribution is 2.65. The number of anilines is 3. The largest absolute Gasteiger partial charge is 0.314 e. The minimum absolute atomic E-state index is 0.628. The van der Waals surface area contributed by atoms with Crippen molar-refractivity contribution in [1.29, 1.82) is 0 Å². The Labute approximate surface area is 252 Å². The molecule has 8 heteroatoms. The van der Waals surface area contributed by atoms with Gasteiger partial charge in [-0.15, -0.1) is 0 Å². The molecule has 0 N–H and O–H groups in total. The number of hydrogen-bond acceptors (Lipinski definition) is 4. The summed E-state index contributed by atoms with van der Waals surface area (Å²) in [4.78, 5) is 2.24. The van der Waals surface area contributed by atoms with E-state index in [4.69, 9.17) is 0 Å². The van der Waals surface area contributed by atoms with Gasteiger partial charge in [0.1, 0.15) is 14.3 Å². The number of unbranched alkanes of at least 4 members (excludes halogenated alkanes) is 2. The Bertz CT molecular complexity index is 1760. The van der Waals surface area contributed by atoms with Gasteiger partial charge in [0.15, 0.2) is 0 Å². The van der Waals surface area contributed by atoms with Crippen LogP contribution in [0.2, 0.25) is 0 Å². The zero-order chi connectivity index (χ0) is 30.2. The van der Waals surface area contributed by atoms with Gasteiger partial charge >= 0.3 is 0 Å². The molecule has 0 aliphatic carbocycles. The molecule has 0 bridgehead atoms. The molecule has 0 saturated heterocycles. The Morgan fingerprint density at radius 1 is 0.571 bits per heavy atom. The molecule has 0 saturated carbocycles. The third kappa shape index (κ3) is 4.03. The van der Waals surface area contributed by atoms with Crippen molar-refractivity contribution in [2.75, 3.05) is 31.3 Å². The molecule has 3 heterocycles. The van der Waals surface area contributed by atoms with Crippen LogP contribution in [0.15, 0.2) is 36.4 Å². The maximum absolute atomic E-state index is 16.0. The Balaban J connectivity index is 1.82. The summed E-state index contributed by atoms with van der Waals surface area (Å²) in [7, 11) is -9.56. The molecule has 0 spiro atoms. The lowest BCUT2D eigenvalue weighted by Crippen LogP contribution is -2.52. The molecule has 0 aromatic heterocycles. The molecule has 3 aliphatic heterocycles. The lowest BCUT2D eigenvalue weighted by molar-refractivity contribution is 0.458. The average Bonchev–Trinajstić information content (AvgIpc) is 2.98. The zero-order valence-electron chi connectivity index (χ0n) is 26.3. The van der Waals surface area contributed by atoms with E-state index in [9.17, 15) is 0 Å². The van der Waals surface area contributed by atoms with Crippen molar-refractivity contribution in [2.45, 2.75) is 79.6 Å². The highest BCUT2D eigenvalue weighted by atomic mass is 31.2. The summed E-state index contributed by atoms with van der Waals surface area (Å²) in [6, 6.07) is 12.8. The first-order valence-corrected chi connectivity index (χ1v) is 21.8. The summed E-state index contributed by atoms with van der Waals surface area (Å²) >= 11 is 0. The van der Waals surface area contributed by atoms with E-state index in [2.05, 4.69) is 80.6 Å². The minimum atomic E-state index is -3.34. The Morgan fingerprint density at radius 2 is 0.929 bits per heavy atom. The molecule has 5 nitrogen and oxygen atoms in total. The van der Waals surface area contributed by atoms with E-state index in [1.165, 1.54) is 0 Å². The second-order valence-corrected chi connectivity index (χ2v) is 20.7. The molecule has 0 fully saturated rings. The standard InChI is InChI=1S/C34H45N2O3P3/c1-8-13-15-24-19-27-32-28(20-24)41(7,38)29-21-25(16-14-9-2)22-31-34(29)36(32)33-26(40(27,6)37)17-23(10-3)18-30(33)42(31,39)35(11-4)12-5/h17-22H,8-16H2,1-7H3. The van der Waals surface area contributed by atoms with Crippen molar-refractivity contribution in [3.63, 3.8) is 0 Å². The van der Waals surface area contributed by atoms with E-state index in [0.717, 1.165) is 111 Å². The number of benzene rings is 3. The summed E-state index contributed by atoms with van der Waals surface area (Å²) in [5.74, 6) is 0. The van der Waals surface area contributed by atoms with Crippen LogP contribution in [0.1, 0.15) is 77.0 Å². The van der Waals surface area contributed by atoms with Crippen LogP contribution in [0.4, 0.5) is 17.1 Å². The normalized spacial score (nSPS) is 24.7. The van der Waals surface area contributed by atoms with E-state index in [1.54, 1.807) is 0 Å². The third-order valence-corrected chi connectivity index (χ3v) is 18.1. The minimum Gasteiger partial charge on any atom is -0.314 e. The van der Waals surface area contributed by atoms with Crippen LogP contribution in [0, 0.1) is 0 Å². The number of rotatable bonds is 10. The van der Waals surface area contributed by atoms with E-state index < -0.39 is 21.6 Å². The first kappa shape index (κ1) is 30.1. The maximum atomic E-state index is 16.0. The fraction of sp³-hybridized carbons (Fsp3) is 0.471. The first-order chi connectivity index (χ1) is 20.0. The van der Waals surface area contributed by atoms with Gasteiger partial charge in [-0.2, -0.15) is 0 Å². The lowest BCUT2D eigenvalue weighted by atomic mass is 10.0. The average molecular weight is 623 g/mol. The SMILES string of the molecule is CCCCc1cc2c3c(c1)P(C)(=O)c1cc(CCCC)cc4c1N3c1c(cc(CC)cc1P4(=O)N(CC)CC)P2(C)=O. The summed E-state index contributed by atoms with van der Waals surface area (Å²) in [5.41, 5.74) is 5.75. The quantitative estimate of drug-likeness (QED) is 0.233. The maximum Gasteiger partial charge on any atom is 0.211 e. The van der Waals surface area contributed by atoms with Crippen LogP contribution < -0.4 is 36.7 Å². The van der Waals surface area contributed by atoms with Crippen LogP contribution in [0.25, 0.3) is 0 Å². The molecule has 3 aliphatic rings. The van der Waals surface area contributed by atoms with Gasteiger partial charge in [0.25, 0.3) is 0 Å². The van der Waals surface area contributed by atoms with Crippen LogP contribution in [0.5, 0.6) is 0 Å². The Hall–Kier alpha value is -1.89. The first-order valence-electron chi connectivity index (χ1n) is 15.8. The molecule has 6 rings (SSSR count). The van der Waals surface area contributed by atoms with Crippen molar-refractivity contribution in [2.24, 2.45) is 0 Å². The molecule has 3 atom stereocenters. The second-order valence-electron chi connectivity index (χ2n) is 12.4. The Kier molecular flexibility index (Phi) is 7.63. The van der Waals surface area contributed by atoms with Crippen molar-refractivity contribution in [3.8, 4) is 0 Å². The van der Waals surface area contributed by atoms with E-state index in [1.807, 2.05) is 13.3 Å². The monoisotopic (exact) mass is 622 g/mol. The predicted molar refractivity (Wildman–Crippen MR) is 183 cm³/mol. The third-order valence-electron chi connectivity index (χ3n) is 9.73. The topological polar surface area (TPSA) is 57.7 Å². The molecule has 3 unspecified atom stereocenters.